The molecule has 0 amide bonds. The first kappa shape index (κ1) is 22.6. The van der Waals surface area contributed by atoms with E-state index in [4.69, 9.17) is 4.74 Å². The molecule has 6 nitrogen and oxygen atoms in total. The van der Waals surface area contributed by atoms with Crippen LogP contribution in [0.1, 0.15) is 36.3 Å². The topological polar surface area (TPSA) is 67.3 Å². The average molecular weight is 487 g/mol. The van der Waals surface area contributed by atoms with E-state index in [0.717, 1.165) is 49.0 Å². The molecule has 6 rings (SSSR count). The van der Waals surface area contributed by atoms with Crippen molar-refractivity contribution in [2.45, 2.75) is 41.6 Å². The summed E-state index contributed by atoms with van der Waals surface area (Å²) < 4.78 is 5.06. The lowest BCUT2D eigenvalue weighted by Gasteiger charge is -2.50. The van der Waals surface area contributed by atoms with Crippen molar-refractivity contribution in [3.63, 3.8) is 0 Å². The fourth-order valence-corrected chi connectivity index (χ4v) is 7.17. The molecule has 1 aliphatic carbocycles. The highest BCUT2D eigenvalue weighted by Crippen LogP contribution is 2.48. The highest BCUT2D eigenvalue weighted by atomic mass is 32.2. The van der Waals surface area contributed by atoms with E-state index in [-0.39, 0.29) is 5.97 Å². The normalized spacial score (nSPS) is 25.2. The molecule has 1 saturated carbocycles. The Morgan fingerprint density at radius 2 is 1.86 bits per heavy atom. The van der Waals surface area contributed by atoms with Crippen molar-refractivity contribution >= 4 is 29.2 Å². The van der Waals surface area contributed by atoms with Gasteiger partial charge in [-0.15, -0.1) is 0 Å². The number of aromatic nitrogens is 2. The highest BCUT2D eigenvalue weighted by molar-refractivity contribution is 7.99. The monoisotopic (exact) mass is 486 g/mol. The number of fused-ring (bicyclic) bond motifs is 4. The van der Waals surface area contributed by atoms with Crippen molar-refractivity contribution in [1.29, 1.82) is 0 Å². The quantitative estimate of drug-likeness (QED) is 0.374. The number of likely N-dealkylation sites (tertiary alicyclic amines) is 1. The molecule has 2 bridgehead atoms. The summed E-state index contributed by atoms with van der Waals surface area (Å²) >= 11 is 1.66. The van der Waals surface area contributed by atoms with Gasteiger partial charge in [0.15, 0.2) is 5.82 Å². The van der Waals surface area contributed by atoms with Gasteiger partial charge < -0.3 is 10.1 Å². The van der Waals surface area contributed by atoms with E-state index in [1.165, 1.54) is 23.1 Å². The number of hydrogen-bond acceptors (Lipinski definition) is 7. The summed E-state index contributed by atoms with van der Waals surface area (Å²) in [7, 11) is 1.51. The third-order valence-electron chi connectivity index (χ3n) is 7.85. The number of rotatable bonds is 5. The number of anilines is 2. The van der Waals surface area contributed by atoms with Crippen LogP contribution < -0.4 is 5.32 Å². The molecule has 2 aliphatic heterocycles. The van der Waals surface area contributed by atoms with E-state index in [2.05, 4.69) is 68.7 Å². The SMILES string of the molecule is COC(=O)CC1C2CC(c3ccccc3)CC1CN(Cc1ccc3c(c1)Nc1nccnc1S3)C2. The molecule has 3 aliphatic rings. The minimum absolute atomic E-state index is 0.0711. The summed E-state index contributed by atoms with van der Waals surface area (Å²) in [5, 5.41) is 4.37. The lowest BCUT2D eigenvalue weighted by Crippen LogP contribution is -2.50. The van der Waals surface area contributed by atoms with Gasteiger partial charge >= 0.3 is 5.97 Å². The maximum absolute atomic E-state index is 12.2. The largest absolute Gasteiger partial charge is 0.469 e. The number of methoxy groups -OCH3 is 1. The van der Waals surface area contributed by atoms with Crippen molar-refractivity contribution < 1.29 is 9.53 Å². The van der Waals surface area contributed by atoms with E-state index in [0.29, 0.717) is 30.1 Å². The minimum Gasteiger partial charge on any atom is -0.469 e. The first-order valence-electron chi connectivity index (χ1n) is 12.4. The fourth-order valence-electron chi connectivity index (χ4n) is 6.29. The van der Waals surface area contributed by atoms with Gasteiger partial charge in [0, 0.05) is 43.3 Å². The molecule has 2 fully saturated rings. The molecule has 0 spiro atoms. The van der Waals surface area contributed by atoms with Gasteiger partial charge in [0.05, 0.1) is 12.8 Å². The minimum atomic E-state index is -0.0711. The molecule has 1 aromatic heterocycles. The highest BCUT2D eigenvalue weighted by Gasteiger charge is 2.44. The van der Waals surface area contributed by atoms with E-state index in [1.54, 1.807) is 24.2 Å². The van der Waals surface area contributed by atoms with E-state index >= 15 is 0 Å². The molecule has 2 unspecified atom stereocenters. The molecule has 3 aromatic rings. The van der Waals surface area contributed by atoms with Crippen LogP contribution in [0.25, 0.3) is 0 Å². The molecule has 2 atom stereocenters. The van der Waals surface area contributed by atoms with Gasteiger partial charge in [-0.05, 0) is 59.8 Å². The number of nitrogens with one attached hydrogen (secondary N) is 1. The van der Waals surface area contributed by atoms with Crippen molar-refractivity contribution in [3.05, 3.63) is 72.1 Å². The van der Waals surface area contributed by atoms with Gasteiger partial charge in [-0.1, -0.05) is 48.2 Å². The zero-order valence-electron chi connectivity index (χ0n) is 19.9. The fraction of sp³-hybridized carbons (Fsp3) is 0.393. The van der Waals surface area contributed by atoms with Gasteiger partial charge in [-0.2, -0.15) is 0 Å². The van der Waals surface area contributed by atoms with Crippen LogP contribution in [0.3, 0.4) is 0 Å². The maximum atomic E-state index is 12.2. The van der Waals surface area contributed by atoms with Crippen molar-refractivity contribution in [2.75, 3.05) is 25.5 Å². The molecular formula is C28H30N4O2S. The molecule has 35 heavy (non-hydrogen) atoms. The number of esters is 1. The van der Waals surface area contributed by atoms with Crippen molar-refractivity contribution in [3.8, 4) is 0 Å². The number of benzene rings is 2. The Balaban J connectivity index is 1.18. The number of nitrogens with zero attached hydrogens (tertiary/aromatic N) is 3. The Bertz CT molecular complexity index is 1200. The molecular weight excluding hydrogens is 456 g/mol. The van der Waals surface area contributed by atoms with Gasteiger partial charge in [0.1, 0.15) is 5.03 Å². The van der Waals surface area contributed by atoms with Gasteiger partial charge in [-0.25, -0.2) is 9.97 Å². The predicted molar refractivity (Wildman–Crippen MR) is 137 cm³/mol. The van der Waals surface area contributed by atoms with Crippen LogP contribution in [-0.2, 0) is 16.1 Å². The van der Waals surface area contributed by atoms with Crippen LogP contribution in [0, 0.1) is 17.8 Å². The van der Waals surface area contributed by atoms with Crippen molar-refractivity contribution in [2.24, 2.45) is 17.8 Å². The predicted octanol–water partition coefficient (Wildman–Crippen LogP) is 5.49. The number of carbonyl (C=O) groups is 1. The van der Waals surface area contributed by atoms with Crippen LogP contribution in [-0.4, -0.2) is 41.0 Å². The van der Waals surface area contributed by atoms with Crippen LogP contribution >= 0.6 is 11.8 Å². The first-order valence-corrected chi connectivity index (χ1v) is 13.2. The third kappa shape index (κ3) is 4.67. The Hall–Kier alpha value is -2.90. The Labute approximate surface area is 210 Å². The molecule has 1 saturated heterocycles. The Morgan fingerprint density at radius 1 is 1.09 bits per heavy atom. The second-order valence-corrected chi connectivity index (χ2v) is 11.0. The molecule has 7 heteroatoms. The third-order valence-corrected chi connectivity index (χ3v) is 8.91. The first-order chi connectivity index (χ1) is 17.2. The van der Waals surface area contributed by atoms with E-state index in [9.17, 15) is 4.79 Å². The summed E-state index contributed by atoms with van der Waals surface area (Å²) in [6, 6.07) is 17.6. The Kier molecular flexibility index (Phi) is 6.20. The lowest BCUT2D eigenvalue weighted by atomic mass is 9.62. The van der Waals surface area contributed by atoms with E-state index in [1.807, 2.05) is 0 Å². The molecule has 0 radical (unpaired) electrons. The molecule has 180 valence electrons. The van der Waals surface area contributed by atoms with Crippen LogP contribution in [0.4, 0.5) is 11.5 Å². The summed E-state index contributed by atoms with van der Waals surface area (Å²) in [5.74, 6) is 2.75. The summed E-state index contributed by atoms with van der Waals surface area (Å²) in [5.41, 5.74) is 3.84. The standard InChI is InChI=1S/C28H30N4O2S/c1-34-26(33)14-23-21-12-20(19-5-3-2-4-6-19)13-22(23)17-32(16-21)15-18-7-8-25-24(11-18)31-27-28(35-25)30-10-9-29-27/h2-11,20-23H,12-17H2,1H3,(H,29,31). The molecule has 2 aromatic carbocycles. The van der Waals surface area contributed by atoms with Gasteiger partial charge in [0.2, 0.25) is 0 Å². The lowest BCUT2D eigenvalue weighted by molar-refractivity contribution is -0.144. The summed E-state index contributed by atoms with van der Waals surface area (Å²) in [6.07, 6.45) is 6.27. The summed E-state index contributed by atoms with van der Waals surface area (Å²) in [4.78, 5) is 24.8. The van der Waals surface area contributed by atoms with Gasteiger partial charge in [0.25, 0.3) is 0 Å². The van der Waals surface area contributed by atoms with Crippen LogP contribution in [0.5, 0.6) is 0 Å². The summed E-state index contributed by atoms with van der Waals surface area (Å²) in [6.45, 7) is 2.96. The zero-order chi connectivity index (χ0) is 23.8. The number of hydrogen-bond donors (Lipinski definition) is 1. The second kappa shape index (κ2) is 9.63. The smallest absolute Gasteiger partial charge is 0.305 e. The van der Waals surface area contributed by atoms with Crippen LogP contribution in [0.2, 0.25) is 0 Å². The number of ether oxygens (including phenoxy) is 1. The molecule has 3 heterocycles. The average Bonchev–Trinajstić information content (AvgIpc) is 2.88. The van der Waals surface area contributed by atoms with Crippen LogP contribution in [0.15, 0.2) is 70.8 Å². The van der Waals surface area contributed by atoms with E-state index < -0.39 is 0 Å². The van der Waals surface area contributed by atoms with Gasteiger partial charge in [-0.3, -0.25) is 9.69 Å². The maximum Gasteiger partial charge on any atom is 0.305 e. The van der Waals surface area contributed by atoms with Crippen molar-refractivity contribution in [1.82, 2.24) is 14.9 Å². The molecule has 1 N–H and O–H groups in total. The number of carbonyl (C=O) groups excluding carboxylic acids is 1. The Morgan fingerprint density at radius 3 is 2.63 bits per heavy atom. The number of piperidine rings is 1. The second-order valence-electron chi connectivity index (χ2n) is 10.0. The zero-order valence-corrected chi connectivity index (χ0v) is 20.7.